The first kappa shape index (κ1) is 13.3. The van der Waals surface area contributed by atoms with Crippen molar-refractivity contribution in [3.63, 3.8) is 0 Å². The number of benzene rings is 1. The highest BCUT2D eigenvalue weighted by Gasteiger charge is 2.02. The van der Waals surface area contributed by atoms with E-state index in [0.717, 1.165) is 25.1 Å². The molecule has 0 radical (unpaired) electrons. The fraction of sp³-hybridized carbons (Fsp3) is 0.500. The summed E-state index contributed by atoms with van der Waals surface area (Å²) in [6.07, 6.45) is 0.882. The zero-order valence-electron chi connectivity index (χ0n) is 9.45. The largest absolute Gasteiger partial charge is 0.508 e. The van der Waals surface area contributed by atoms with Crippen molar-refractivity contribution in [1.82, 2.24) is 5.32 Å². The molecule has 3 nitrogen and oxygen atoms in total. The Balaban J connectivity index is 2.13. The van der Waals surface area contributed by atoms with Crippen molar-refractivity contribution in [2.24, 2.45) is 0 Å². The van der Waals surface area contributed by atoms with E-state index in [1.54, 1.807) is 19.2 Å². The van der Waals surface area contributed by atoms with Crippen LogP contribution in [0.25, 0.3) is 0 Å². The number of hydrogen-bond donors (Lipinski definition) is 2. The number of nitrogens with one attached hydrogen (secondary N) is 1. The summed E-state index contributed by atoms with van der Waals surface area (Å²) in [5.74, 6) is 0.296. The van der Waals surface area contributed by atoms with E-state index in [1.165, 1.54) is 0 Å². The van der Waals surface area contributed by atoms with Crippen LogP contribution >= 0.6 is 11.6 Å². The summed E-state index contributed by atoms with van der Waals surface area (Å²) in [6, 6.07) is 7.17. The van der Waals surface area contributed by atoms with Crippen LogP contribution in [0.5, 0.6) is 5.75 Å². The summed E-state index contributed by atoms with van der Waals surface area (Å²) in [6.45, 7) is 2.23. The van der Waals surface area contributed by atoms with Gasteiger partial charge in [0.1, 0.15) is 5.75 Å². The molecular formula is C12H18ClNO2. The van der Waals surface area contributed by atoms with Crippen molar-refractivity contribution in [3.05, 3.63) is 29.8 Å². The van der Waals surface area contributed by atoms with Crippen LogP contribution < -0.4 is 5.32 Å². The Morgan fingerprint density at radius 1 is 1.38 bits per heavy atom. The summed E-state index contributed by atoms with van der Waals surface area (Å²) < 4.78 is 4.94. The number of rotatable bonds is 7. The maximum Gasteiger partial charge on any atom is 0.115 e. The highest BCUT2D eigenvalue weighted by atomic mass is 35.5. The predicted molar refractivity (Wildman–Crippen MR) is 65.9 cm³/mol. The minimum absolute atomic E-state index is 0.0670. The second-order valence-corrected chi connectivity index (χ2v) is 4.30. The molecule has 1 atom stereocenters. The predicted octanol–water partition coefficient (Wildman–Crippen LogP) is 2.13. The zero-order valence-corrected chi connectivity index (χ0v) is 10.2. The number of ether oxygens (including phenoxy) is 1. The Bertz CT molecular complexity index is 290. The first-order valence-corrected chi connectivity index (χ1v) is 5.77. The number of methoxy groups -OCH3 is 1. The molecule has 2 N–H and O–H groups in total. The third-order valence-corrected chi connectivity index (χ3v) is 2.59. The molecule has 1 unspecified atom stereocenters. The lowest BCUT2D eigenvalue weighted by Gasteiger charge is -2.09. The van der Waals surface area contributed by atoms with Crippen LogP contribution in [0.1, 0.15) is 12.0 Å². The van der Waals surface area contributed by atoms with Crippen molar-refractivity contribution in [2.45, 2.75) is 18.3 Å². The van der Waals surface area contributed by atoms with Crippen LogP contribution in [0.2, 0.25) is 0 Å². The van der Waals surface area contributed by atoms with Gasteiger partial charge in [-0.2, -0.15) is 0 Å². The van der Waals surface area contributed by atoms with E-state index in [9.17, 15) is 0 Å². The van der Waals surface area contributed by atoms with Gasteiger partial charge in [-0.3, -0.25) is 0 Å². The van der Waals surface area contributed by atoms with Crippen molar-refractivity contribution < 1.29 is 9.84 Å². The number of phenolic OH excluding ortho intramolecular Hbond substituents is 1. The van der Waals surface area contributed by atoms with Gasteiger partial charge in [0, 0.05) is 13.7 Å². The molecule has 4 heteroatoms. The Kier molecular flexibility index (Phi) is 6.23. The van der Waals surface area contributed by atoms with Gasteiger partial charge < -0.3 is 15.2 Å². The topological polar surface area (TPSA) is 41.5 Å². The highest BCUT2D eigenvalue weighted by Crippen LogP contribution is 2.09. The first-order valence-electron chi connectivity index (χ1n) is 5.34. The van der Waals surface area contributed by atoms with E-state index in [0.29, 0.717) is 12.4 Å². The average Bonchev–Trinajstić information content (AvgIpc) is 2.27. The minimum atomic E-state index is 0.0670. The maximum atomic E-state index is 9.11. The van der Waals surface area contributed by atoms with E-state index in [-0.39, 0.29) is 5.38 Å². The van der Waals surface area contributed by atoms with Crippen molar-refractivity contribution in [1.29, 1.82) is 0 Å². The van der Waals surface area contributed by atoms with E-state index in [4.69, 9.17) is 21.4 Å². The summed E-state index contributed by atoms with van der Waals surface area (Å²) in [7, 11) is 1.65. The molecule has 0 amide bonds. The van der Waals surface area contributed by atoms with Gasteiger partial charge in [-0.15, -0.1) is 11.6 Å². The summed E-state index contributed by atoms with van der Waals surface area (Å²) >= 11 is 5.99. The SMILES string of the molecule is COCC(Cl)CCNCc1ccc(O)cc1. The molecule has 0 saturated carbocycles. The van der Waals surface area contributed by atoms with Crippen LogP contribution in [0, 0.1) is 0 Å². The molecule has 0 aliphatic rings. The molecule has 0 fully saturated rings. The Hall–Kier alpha value is -0.770. The van der Waals surface area contributed by atoms with Gasteiger partial charge in [-0.1, -0.05) is 12.1 Å². The fourth-order valence-electron chi connectivity index (χ4n) is 1.37. The second-order valence-electron chi connectivity index (χ2n) is 3.68. The quantitative estimate of drug-likeness (QED) is 0.570. The smallest absolute Gasteiger partial charge is 0.115 e. The van der Waals surface area contributed by atoms with Gasteiger partial charge in [-0.25, -0.2) is 0 Å². The van der Waals surface area contributed by atoms with Gasteiger partial charge in [0.2, 0.25) is 0 Å². The normalized spacial score (nSPS) is 12.6. The Morgan fingerprint density at radius 2 is 2.06 bits per heavy atom. The van der Waals surface area contributed by atoms with Crippen LogP contribution in [0.4, 0.5) is 0 Å². The molecule has 0 bridgehead atoms. The number of aromatic hydroxyl groups is 1. The molecule has 0 aliphatic heterocycles. The molecule has 16 heavy (non-hydrogen) atoms. The van der Waals surface area contributed by atoms with Gasteiger partial charge in [0.05, 0.1) is 12.0 Å². The maximum absolute atomic E-state index is 9.11. The Labute approximate surface area is 101 Å². The molecule has 1 aromatic carbocycles. The standard InChI is InChI=1S/C12H18ClNO2/c1-16-9-11(13)6-7-14-8-10-2-4-12(15)5-3-10/h2-5,11,14-15H,6-9H2,1H3. The van der Waals surface area contributed by atoms with Gasteiger partial charge in [0.25, 0.3) is 0 Å². The van der Waals surface area contributed by atoms with E-state index in [2.05, 4.69) is 5.32 Å². The molecule has 0 heterocycles. The van der Waals surface area contributed by atoms with E-state index < -0.39 is 0 Å². The number of hydrogen-bond acceptors (Lipinski definition) is 3. The van der Waals surface area contributed by atoms with Crippen LogP contribution in [0.15, 0.2) is 24.3 Å². The molecule has 1 rings (SSSR count). The fourth-order valence-corrected chi connectivity index (χ4v) is 1.60. The Morgan fingerprint density at radius 3 is 2.69 bits per heavy atom. The lowest BCUT2D eigenvalue weighted by molar-refractivity contribution is 0.195. The van der Waals surface area contributed by atoms with E-state index >= 15 is 0 Å². The summed E-state index contributed by atoms with van der Waals surface area (Å²) in [4.78, 5) is 0. The highest BCUT2D eigenvalue weighted by molar-refractivity contribution is 6.20. The molecule has 1 aromatic rings. The van der Waals surface area contributed by atoms with Crippen LogP contribution in [-0.4, -0.2) is 30.7 Å². The summed E-state index contributed by atoms with van der Waals surface area (Å²) in [5.41, 5.74) is 1.15. The lowest BCUT2D eigenvalue weighted by Crippen LogP contribution is -2.20. The molecule has 0 spiro atoms. The molecule has 90 valence electrons. The van der Waals surface area contributed by atoms with Gasteiger partial charge in [0.15, 0.2) is 0 Å². The molecule has 0 saturated heterocycles. The third-order valence-electron chi connectivity index (χ3n) is 2.25. The third kappa shape index (κ3) is 5.35. The number of phenols is 1. The van der Waals surface area contributed by atoms with Gasteiger partial charge >= 0.3 is 0 Å². The summed E-state index contributed by atoms with van der Waals surface area (Å²) in [5, 5.41) is 12.5. The molecular weight excluding hydrogens is 226 g/mol. The second kappa shape index (κ2) is 7.49. The van der Waals surface area contributed by atoms with Crippen LogP contribution in [-0.2, 0) is 11.3 Å². The number of alkyl halides is 1. The lowest BCUT2D eigenvalue weighted by atomic mass is 10.2. The van der Waals surface area contributed by atoms with Crippen molar-refractivity contribution >= 4 is 11.6 Å². The number of halogens is 1. The molecule has 0 aromatic heterocycles. The average molecular weight is 244 g/mol. The van der Waals surface area contributed by atoms with Crippen molar-refractivity contribution in [3.8, 4) is 5.75 Å². The van der Waals surface area contributed by atoms with E-state index in [1.807, 2.05) is 12.1 Å². The van der Waals surface area contributed by atoms with Crippen molar-refractivity contribution in [2.75, 3.05) is 20.3 Å². The monoisotopic (exact) mass is 243 g/mol. The van der Waals surface area contributed by atoms with Crippen LogP contribution in [0.3, 0.4) is 0 Å². The van der Waals surface area contributed by atoms with Gasteiger partial charge in [-0.05, 0) is 30.7 Å². The zero-order chi connectivity index (χ0) is 11.8. The first-order chi connectivity index (χ1) is 7.72. The molecule has 0 aliphatic carbocycles. The minimum Gasteiger partial charge on any atom is -0.508 e.